The molecule has 2 amide bonds. The number of esters is 1. The van der Waals surface area contributed by atoms with E-state index < -0.39 is 18.2 Å². The molecule has 0 aromatic heterocycles. The van der Waals surface area contributed by atoms with Crippen molar-refractivity contribution in [1.82, 2.24) is 0 Å². The quantitative estimate of drug-likeness (QED) is 0.343. The smallest absolute Gasteiger partial charge is 0.465 e. The monoisotopic (exact) mass is 402 g/mol. The van der Waals surface area contributed by atoms with Crippen LogP contribution in [-0.4, -0.2) is 35.8 Å². The maximum atomic E-state index is 11.6. The lowest BCUT2D eigenvalue weighted by Gasteiger charge is -2.06. The molecule has 0 fully saturated rings. The van der Waals surface area contributed by atoms with Crippen LogP contribution in [0.1, 0.15) is 13.8 Å². The zero-order chi connectivity index (χ0) is 21.9. The average molecular weight is 402 g/mol. The molecule has 5 N–H and O–H groups in total. The number of nitrogens with two attached hydrogens (primary N) is 1. The molecule has 1 rings (SSSR count). The van der Waals surface area contributed by atoms with Gasteiger partial charge in [0.2, 0.25) is 5.91 Å². The van der Waals surface area contributed by atoms with E-state index in [9.17, 15) is 27.6 Å². The van der Waals surface area contributed by atoms with Crippen LogP contribution in [0.3, 0.4) is 0 Å². The number of halogens is 3. The number of amides is 2. The fraction of sp³-hybridized carbons (Fsp3) is 0.250. The molecule has 0 bridgehead atoms. The van der Waals surface area contributed by atoms with Gasteiger partial charge < -0.3 is 20.9 Å². The first kappa shape index (κ1) is 24.4. The van der Waals surface area contributed by atoms with Gasteiger partial charge in [0, 0.05) is 11.4 Å². The number of carbonyl (C=O) groups excluding carboxylic acids is 2. The highest BCUT2D eigenvalue weighted by Crippen LogP contribution is 2.19. The molecule has 1 aromatic rings. The highest BCUT2D eigenvalue weighted by Gasteiger charge is 2.41. The molecule has 152 valence electrons. The second kappa shape index (κ2) is 11.2. The van der Waals surface area contributed by atoms with Crippen LogP contribution < -0.4 is 16.4 Å². The summed E-state index contributed by atoms with van der Waals surface area (Å²) in [5.74, 6) is -2.96. The van der Waals surface area contributed by atoms with E-state index in [1.165, 1.54) is 6.92 Å². The van der Waals surface area contributed by atoms with Crippen LogP contribution in [0.4, 0.5) is 29.3 Å². The third kappa shape index (κ3) is 9.78. The van der Waals surface area contributed by atoms with Gasteiger partial charge in [0.25, 0.3) is 0 Å². The summed E-state index contributed by atoms with van der Waals surface area (Å²) in [5, 5.41) is 21.4. The van der Waals surface area contributed by atoms with Crippen molar-refractivity contribution in [2.24, 2.45) is 5.73 Å². The predicted octanol–water partition coefficient (Wildman–Crippen LogP) is 2.58. The van der Waals surface area contributed by atoms with Crippen LogP contribution in [0.5, 0.6) is 0 Å². The number of benzene rings is 1. The van der Waals surface area contributed by atoms with Gasteiger partial charge in [-0.1, -0.05) is 0 Å². The fourth-order valence-corrected chi connectivity index (χ4v) is 1.32. The first-order chi connectivity index (χ1) is 12.9. The van der Waals surface area contributed by atoms with Crippen molar-refractivity contribution in [3.63, 3.8) is 0 Å². The Labute approximate surface area is 157 Å². The van der Waals surface area contributed by atoms with Crippen LogP contribution in [0.25, 0.3) is 0 Å². The molecule has 28 heavy (non-hydrogen) atoms. The minimum atomic E-state index is -5.03. The SMILES string of the molecule is CC(C#N)=C(C)OC(=O)C(F)(F)F.NCC(=O)Nc1ccc(NC(=O)O)cc1. The fourth-order valence-electron chi connectivity index (χ4n) is 1.32. The van der Waals surface area contributed by atoms with E-state index in [1.54, 1.807) is 30.3 Å². The maximum absolute atomic E-state index is 11.6. The third-order valence-electron chi connectivity index (χ3n) is 2.78. The van der Waals surface area contributed by atoms with Crippen molar-refractivity contribution in [2.75, 3.05) is 17.2 Å². The van der Waals surface area contributed by atoms with Crippen LogP contribution in [0.15, 0.2) is 35.6 Å². The number of rotatable bonds is 4. The summed E-state index contributed by atoms with van der Waals surface area (Å²) in [6, 6.07) is 7.80. The van der Waals surface area contributed by atoms with E-state index >= 15 is 0 Å². The van der Waals surface area contributed by atoms with Crippen molar-refractivity contribution in [3.8, 4) is 6.07 Å². The zero-order valence-electron chi connectivity index (χ0n) is 14.8. The molecule has 12 heteroatoms. The number of nitrogens with zero attached hydrogens (tertiary/aromatic N) is 1. The first-order valence-electron chi connectivity index (χ1n) is 7.37. The Balaban J connectivity index is 0.000000528. The number of allylic oxidation sites excluding steroid dienone is 2. The molecule has 0 aliphatic carbocycles. The number of anilines is 2. The highest BCUT2D eigenvalue weighted by atomic mass is 19.4. The Kier molecular flexibility index (Phi) is 9.76. The lowest BCUT2D eigenvalue weighted by Crippen LogP contribution is -2.24. The van der Waals surface area contributed by atoms with E-state index in [4.69, 9.17) is 16.1 Å². The molecule has 0 spiro atoms. The van der Waals surface area contributed by atoms with Crippen molar-refractivity contribution in [1.29, 1.82) is 5.26 Å². The van der Waals surface area contributed by atoms with Gasteiger partial charge in [-0.25, -0.2) is 9.59 Å². The number of ether oxygens (including phenoxy) is 1. The van der Waals surface area contributed by atoms with Crippen LogP contribution in [-0.2, 0) is 14.3 Å². The van der Waals surface area contributed by atoms with Crippen LogP contribution in [0, 0.1) is 11.3 Å². The largest absolute Gasteiger partial charge is 0.491 e. The van der Waals surface area contributed by atoms with Crippen LogP contribution in [0.2, 0.25) is 0 Å². The zero-order valence-corrected chi connectivity index (χ0v) is 14.8. The summed E-state index contributed by atoms with van der Waals surface area (Å²) in [6.07, 6.45) is -6.16. The Morgan fingerprint density at radius 1 is 1.14 bits per heavy atom. The number of carboxylic acid groups (broad SMARTS) is 1. The van der Waals surface area contributed by atoms with Crippen molar-refractivity contribution < 1.29 is 37.4 Å². The Hall–Kier alpha value is -3.59. The summed E-state index contributed by atoms with van der Waals surface area (Å²) < 4.78 is 38.7. The molecule has 0 heterocycles. The van der Waals surface area contributed by atoms with Gasteiger partial charge in [0.1, 0.15) is 5.76 Å². The van der Waals surface area contributed by atoms with Gasteiger partial charge in [-0.05, 0) is 38.1 Å². The maximum Gasteiger partial charge on any atom is 0.491 e. The number of hydrogen-bond donors (Lipinski definition) is 4. The summed E-state index contributed by atoms with van der Waals surface area (Å²) in [4.78, 5) is 31.4. The first-order valence-corrected chi connectivity index (χ1v) is 7.37. The minimum Gasteiger partial charge on any atom is -0.465 e. The van der Waals surface area contributed by atoms with Gasteiger partial charge in [-0.2, -0.15) is 18.4 Å². The summed E-state index contributed by atoms with van der Waals surface area (Å²) >= 11 is 0. The second-order valence-electron chi connectivity index (χ2n) is 4.94. The van der Waals surface area contributed by atoms with Gasteiger partial charge >= 0.3 is 18.2 Å². The number of alkyl halides is 3. The molecule has 0 aliphatic heterocycles. The van der Waals surface area contributed by atoms with E-state index in [0.717, 1.165) is 6.92 Å². The lowest BCUT2D eigenvalue weighted by molar-refractivity contribution is -0.195. The predicted molar refractivity (Wildman–Crippen MR) is 91.9 cm³/mol. The van der Waals surface area contributed by atoms with Gasteiger partial charge in [0.15, 0.2) is 0 Å². The normalized spacial score (nSPS) is 11.0. The molecule has 9 nitrogen and oxygen atoms in total. The van der Waals surface area contributed by atoms with Crippen molar-refractivity contribution in [2.45, 2.75) is 20.0 Å². The molecule has 0 saturated heterocycles. The van der Waals surface area contributed by atoms with Gasteiger partial charge in [0.05, 0.1) is 18.2 Å². The summed E-state index contributed by atoms with van der Waals surface area (Å²) in [7, 11) is 0. The lowest BCUT2D eigenvalue weighted by atomic mass is 10.3. The Morgan fingerprint density at radius 2 is 1.61 bits per heavy atom. The molecular weight excluding hydrogens is 385 g/mol. The summed E-state index contributed by atoms with van der Waals surface area (Å²) in [6.45, 7) is 2.27. The summed E-state index contributed by atoms with van der Waals surface area (Å²) in [5.41, 5.74) is 6.05. The van der Waals surface area contributed by atoms with Crippen LogP contribution >= 0.6 is 0 Å². The molecule has 0 unspecified atom stereocenters. The number of nitrogens with one attached hydrogen (secondary N) is 2. The average Bonchev–Trinajstić information content (AvgIpc) is 2.61. The molecular formula is C16H17F3N4O5. The van der Waals surface area contributed by atoms with E-state index in [0.29, 0.717) is 11.4 Å². The topological polar surface area (TPSA) is 155 Å². The molecule has 0 atom stereocenters. The number of hydrogen-bond acceptors (Lipinski definition) is 6. The molecule has 0 radical (unpaired) electrons. The van der Waals surface area contributed by atoms with E-state index in [1.807, 2.05) is 0 Å². The standard InChI is InChI=1S/C9H11N3O3.C7H6F3NO2/c10-5-8(13)11-6-1-3-7(4-2-6)12-9(14)15;1-4(3-11)5(2)13-6(12)7(8,9)10/h1-4,12H,5,10H2,(H,11,13)(H,14,15);1-2H3. The Morgan fingerprint density at radius 3 is 1.96 bits per heavy atom. The minimum absolute atomic E-state index is 0.0717. The second-order valence-corrected chi connectivity index (χ2v) is 4.94. The Bertz CT molecular complexity index is 783. The van der Waals surface area contributed by atoms with E-state index in [2.05, 4.69) is 15.4 Å². The molecule has 0 saturated carbocycles. The molecule has 1 aromatic carbocycles. The van der Waals surface area contributed by atoms with Gasteiger partial charge in [-0.3, -0.25) is 10.1 Å². The number of carbonyl (C=O) groups is 3. The number of nitriles is 1. The van der Waals surface area contributed by atoms with E-state index in [-0.39, 0.29) is 23.8 Å². The van der Waals surface area contributed by atoms with Crippen molar-refractivity contribution >= 4 is 29.3 Å². The third-order valence-corrected chi connectivity index (χ3v) is 2.78. The van der Waals surface area contributed by atoms with Gasteiger partial charge in [-0.15, -0.1) is 0 Å². The van der Waals surface area contributed by atoms with Crippen molar-refractivity contribution in [3.05, 3.63) is 35.6 Å². The molecule has 0 aliphatic rings. The highest BCUT2D eigenvalue weighted by molar-refractivity contribution is 5.92.